The number of carbonyl (C=O) groups is 1. The van der Waals surface area contributed by atoms with E-state index >= 15 is 0 Å². The Balaban J connectivity index is 1.68. The number of anilines is 1. The lowest BCUT2D eigenvalue weighted by Gasteiger charge is -2.07. The molecular weight excluding hydrogens is 254 g/mol. The number of urea groups is 1. The van der Waals surface area contributed by atoms with Crippen LogP contribution >= 0.6 is 0 Å². The van der Waals surface area contributed by atoms with Crippen molar-refractivity contribution in [1.29, 1.82) is 5.26 Å². The first-order chi connectivity index (χ1) is 9.78. The molecule has 0 atom stereocenters. The van der Waals surface area contributed by atoms with Gasteiger partial charge in [0.25, 0.3) is 0 Å². The number of aromatic nitrogens is 2. The number of carbonyl (C=O) groups excluding carboxylic acids is 1. The molecule has 2 amide bonds. The van der Waals surface area contributed by atoms with Gasteiger partial charge in [-0.1, -0.05) is 0 Å². The van der Waals surface area contributed by atoms with Crippen LogP contribution in [0.25, 0.3) is 0 Å². The number of rotatable bonds is 5. The van der Waals surface area contributed by atoms with Gasteiger partial charge in [-0.2, -0.15) is 5.26 Å². The van der Waals surface area contributed by atoms with Crippen molar-refractivity contribution in [1.82, 2.24) is 15.3 Å². The molecule has 0 radical (unpaired) electrons. The van der Waals surface area contributed by atoms with E-state index in [9.17, 15) is 4.79 Å². The summed E-state index contributed by atoms with van der Waals surface area (Å²) < 4.78 is 0. The maximum atomic E-state index is 11.6. The Labute approximate surface area is 116 Å². The van der Waals surface area contributed by atoms with E-state index in [-0.39, 0.29) is 6.03 Å². The predicted molar refractivity (Wildman–Crippen MR) is 75.1 cm³/mol. The Hall–Kier alpha value is -2.81. The van der Waals surface area contributed by atoms with Crippen LogP contribution < -0.4 is 10.6 Å². The van der Waals surface area contributed by atoms with E-state index in [0.29, 0.717) is 17.8 Å². The summed E-state index contributed by atoms with van der Waals surface area (Å²) in [4.78, 5) is 18.7. The number of nitrogens with zero attached hydrogens (tertiary/aromatic N) is 2. The molecular formula is C14H15N5O. The zero-order chi connectivity index (χ0) is 14.2. The number of aromatic amines is 1. The largest absolute Gasteiger partial charge is 0.349 e. The van der Waals surface area contributed by atoms with Gasteiger partial charge < -0.3 is 15.6 Å². The topological polar surface area (TPSA) is 93.6 Å². The third-order valence-corrected chi connectivity index (χ3v) is 2.70. The minimum atomic E-state index is -0.255. The Morgan fingerprint density at radius 3 is 2.80 bits per heavy atom. The number of hydrogen-bond acceptors (Lipinski definition) is 3. The van der Waals surface area contributed by atoms with Crippen LogP contribution in [0.5, 0.6) is 0 Å². The van der Waals surface area contributed by atoms with Crippen LogP contribution in [0.4, 0.5) is 10.5 Å². The summed E-state index contributed by atoms with van der Waals surface area (Å²) in [6.07, 6.45) is 5.10. The Morgan fingerprint density at radius 2 is 2.15 bits per heavy atom. The molecule has 20 heavy (non-hydrogen) atoms. The fraction of sp³-hybridized carbons (Fsp3) is 0.214. The molecule has 0 saturated carbocycles. The fourth-order valence-electron chi connectivity index (χ4n) is 1.70. The van der Waals surface area contributed by atoms with Crippen molar-refractivity contribution in [2.24, 2.45) is 0 Å². The fourth-order valence-corrected chi connectivity index (χ4v) is 1.70. The standard InChI is InChI=1S/C14H15N5O/c15-10-11-3-5-12(6-4-11)19-14(20)18-7-1-2-13-16-8-9-17-13/h3-6,8-9H,1-2,7H2,(H,16,17)(H2,18,19,20). The van der Waals surface area contributed by atoms with E-state index < -0.39 is 0 Å². The van der Waals surface area contributed by atoms with Gasteiger partial charge in [0.2, 0.25) is 0 Å². The molecule has 2 aromatic rings. The molecule has 0 unspecified atom stereocenters. The van der Waals surface area contributed by atoms with Crippen LogP contribution in [0.2, 0.25) is 0 Å². The predicted octanol–water partition coefficient (Wildman–Crippen LogP) is 2.04. The summed E-state index contributed by atoms with van der Waals surface area (Å²) in [5.74, 6) is 0.916. The molecule has 0 saturated heterocycles. The molecule has 0 aliphatic carbocycles. The molecule has 0 aliphatic rings. The molecule has 0 aliphatic heterocycles. The van der Waals surface area contributed by atoms with E-state index in [2.05, 4.69) is 20.6 Å². The van der Waals surface area contributed by atoms with Crippen LogP contribution in [0.15, 0.2) is 36.7 Å². The second kappa shape index (κ2) is 6.95. The van der Waals surface area contributed by atoms with Crippen LogP contribution in [0.3, 0.4) is 0 Å². The summed E-state index contributed by atoms with van der Waals surface area (Å²) in [7, 11) is 0. The van der Waals surface area contributed by atoms with Gasteiger partial charge in [-0.15, -0.1) is 0 Å². The Morgan fingerprint density at radius 1 is 1.35 bits per heavy atom. The van der Waals surface area contributed by atoms with Crippen molar-refractivity contribution in [2.75, 3.05) is 11.9 Å². The number of nitrogens with one attached hydrogen (secondary N) is 3. The molecule has 1 aromatic carbocycles. The van der Waals surface area contributed by atoms with E-state index in [1.807, 2.05) is 6.07 Å². The van der Waals surface area contributed by atoms with Gasteiger partial charge in [0.1, 0.15) is 5.82 Å². The molecule has 6 nitrogen and oxygen atoms in total. The number of nitriles is 1. The Bertz CT molecular complexity index is 583. The van der Waals surface area contributed by atoms with Crippen molar-refractivity contribution in [3.05, 3.63) is 48.0 Å². The summed E-state index contributed by atoms with van der Waals surface area (Å²) in [6.45, 7) is 0.572. The van der Waals surface area contributed by atoms with Crippen molar-refractivity contribution in [3.8, 4) is 6.07 Å². The number of amides is 2. The molecule has 102 valence electrons. The van der Waals surface area contributed by atoms with Crippen molar-refractivity contribution in [2.45, 2.75) is 12.8 Å². The number of aryl methyl sites for hydroxylation is 1. The second-order valence-electron chi connectivity index (χ2n) is 4.21. The number of hydrogen-bond donors (Lipinski definition) is 3. The van der Waals surface area contributed by atoms with Gasteiger partial charge in [-0.25, -0.2) is 9.78 Å². The maximum Gasteiger partial charge on any atom is 0.319 e. The average Bonchev–Trinajstić information content (AvgIpc) is 2.98. The van der Waals surface area contributed by atoms with Crippen molar-refractivity contribution < 1.29 is 4.79 Å². The molecule has 1 heterocycles. The summed E-state index contributed by atoms with van der Waals surface area (Å²) >= 11 is 0. The van der Waals surface area contributed by atoms with Gasteiger partial charge in [0, 0.05) is 31.0 Å². The van der Waals surface area contributed by atoms with E-state index in [1.54, 1.807) is 36.7 Å². The summed E-state index contributed by atoms with van der Waals surface area (Å²) in [5, 5.41) is 14.1. The van der Waals surface area contributed by atoms with Gasteiger partial charge in [-0.05, 0) is 30.7 Å². The molecule has 1 aromatic heterocycles. The number of benzene rings is 1. The molecule has 6 heteroatoms. The summed E-state index contributed by atoms with van der Waals surface area (Å²) in [6, 6.07) is 8.48. The number of H-pyrrole nitrogens is 1. The minimum Gasteiger partial charge on any atom is -0.349 e. The Kier molecular flexibility index (Phi) is 4.73. The van der Waals surface area contributed by atoms with E-state index in [1.165, 1.54) is 0 Å². The highest BCUT2D eigenvalue weighted by Gasteiger charge is 2.01. The molecule has 0 bridgehead atoms. The third-order valence-electron chi connectivity index (χ3n) is 2.70. The SMILES string of the molecule is N#Cc1ccc(NC(=O)NCCCc2ncc[nH]2)cc1. The first kappa shape index (κ1) is 13.6. The van der Waals surface area contributed by atoms with E-state index in [4.69, 9.17) is 5.26 Å². The second-order valence-corrected chi connectivity index (χ2v) is 4.21. The van der Waals surface area contributed by atoms with Crippen LogP contribution in [-0.2, 0) is 6.42 Å². The lowest BCUT2D eigenvalue weighted by molar-refractivity contribution is 0.252. The summed E-state index contributed by atoms with van der Waals surface area (Å²) in [5.41, 5.74) is 1.22. The van der Waals surface area contributed by atoms with Crippen molar-refractivity contribution >= 4 is 11.7 Å². The zero-order valence-electron chi connectivity index (χ0n) is 10.9. The molecule has 3 N–H and O–H groups in total. The first-order valence-electron chi connectivity index (χ1n) is 6.31. The quantitative estimate of drug-likeness (QED) is 0.725. The van der Waals surface area contributed by atoms with Gasteiger partial charge in [-0.3, -0.25) is 0 Å². The van der Waals surface area contributed by atoms with Gasteiger partial charge in [0.15, 0.2) is 0 Å². The lowest BCUT2D eigenvalue weighted by Crippen LogP contribution is -2.29. The lowest BCUT2D eigenvalue weighted by atomic mass is 10.2. The highest BCUT2D eigenvalue weighted by atomic mass is 16.2. The van der Waals surface area contributed by atoms with Gasteiger partial charge in [0.05, 0.1) is 11.6 Å². The smallest absolute Gasteiger partial charge is 0.319 e. The highest BCUT2D eigenvalue weighted by Crippen LogP contribution is 2.08. The normalized spacial score (nSPS) is 9.75. The minimum absolute atomic E-state index is 0.255. The van der Waals surface area contributed by atoms with E-state index in [0.717, 1.165) is 18.7 Å². The molecule has 0 fully saturated rings. The maximum absolute atomic E-state index is 11.6. The van der Waals surface area contributed by atoms with Crippen LogP contribution in [0.1, 0.15) is 17.8 Å². The van der Waals surface area contributed by atoms with Crippen molar-refractivity contribution in [3.63, 3.8) is 0 Å². The monoisotopic (exact) mass is 269 g/mol. The first-order valence-corrected chi connectivity index (χ1v) is 6.31. The van der Waals surface area contributed by atoms with Gasteiger partial charge >= 0.3 is 6.03 Å². The molecule has 0 spiro atoms. The zero-order valence-corrected chi connectivity index (χ0v) is 10.9. The molecule has 2 rings (SSSR count). The third kappa shape index (κ3) is 4.14. The van der Waals surface area contributed by atoms with Crippen LogP contribution in [0, 0.1) is 11.3 Å². The average molecular weight is 269 g/mol. The highest BCUT2D eigenvalue weighted by molar-refractivity contribution is 5.89. The number of imidazole rings is 1. The van der Waals surface area contributed by atoms with Crippen LogP contribution in [-0.4, -0.2) is 22.5 Å².